The number of rotatable bonds is 6. The van der Waals surface area contributed by atoms with Gasteiger partial charge in [0.25, 0.3) is 0 Å². The number of carbonyl (C=O) groups is 1. The Morgan fingerprint density at radius 1 is 1.16 bits per heavy atom. The fourth-order valence-corrected chi connectivity index (χ4v) is 3.23. The van der Waals surface area contributed by atoms with Crippen molar-refractivity contribution >= 4 is 28.4 Å². The van der Waals surface area contributed by atoms with Crippen molar-refractivity contribution in [3.8, 4) is 0 Å². The lowest BCUT2D eigenvalue weighted by atomic mass is 9.88. The highest BCUT2D eigenvalue weighted by Crippen LogP contribution is 2.33. The number of benzene rings is 2. The van der Waals surface area contributed by atoms with Crippen LogP contribution in [-0.2, 0) is 4.79 Å². The molecule has 0 aliphatic heterocycles. The lowest BCUT2D eigenvalue weighted by Crippen LogP contribution is -2.33. The average Bonchev–Trinajstić information content (AvgIpc) is 3.04. The molecule has 0 unspecified atom stereocenters. The molecule has 130 valence electrons. The highest BCUT2D eigenvalue weighted by Gasteiger charge is 2.22. The van der Waals surface area contributed by atoms with E-state index in [0.717, 1.165) is 28.5 Å². The van der Waals surface area contributed by atoms with Gasteiger partial charge in [0.15, 0.2) is 0 Å². The normalized spacial score (nSPS) is 13.6. The molecule has 0 fully saturated rings. The van der Waals surface area contributed by atoms with Crippen molar-refractivity contribution in [1.82, 2.24) is 10.3 Å². The van der Waals surface area contributed by atoms with Crippen LogP contribution in [0.4, 0.5) is 0 Å². The van der Waals surface area contributed by atoms with Crippen LogP contribution in [0.3, 0.4) is 0 Å². The highest BCUT2D eigenvalue weighted by atomic mass is 35.5. The molecule has 2 N–H and O–H groups in total. The Hall–Kier alpha value is -2.26. The number of aromatic amines is 1. The maximum Gasteiger partial charge on any atom is 0.221 e. The summed E-state index contributed by atoms with van der Waals surface area (Å²) in [6, 6.07) is 16.1. The van der Waals surface area contributed by atoms with Gasteiger partial charge in [-0.15, -0.1) is 0 Å². The minimum Gasteiger partial charge on any atom is -0.361 e. The van der Waals surface area contributed by atoms with Gasteiger partial charge in [0.05, 0.1) is 0 Å². The van der Waals surface area contributed by atoms with Gasteiger partial charge in [-0.2, -0.15) is 0 Å². The van der Waals surface area contributed by atoms with E-state index in [1.165, 1.54) is 0 Å². The Morgan fingerprint density at radius 3 is 2.60 bits per heavy atom. The number of amides is 1. The molecule has 0 spiro atoms. The third kappa shape index (κ3) is 4.05. The first-order valence-corrected chi connectivity index (χ1v) is 9.07. The van der Waals surface area contributed by atoms with Gasteiger partial charge in [0, 0.05) is 40.5 Å². The second kappa shape index (κ2) is 7.75. The summed E-state index contributed by atoms with van der Waals surface area (Å²) in [5.74, 6) is 0.0528. The minimum absolute atomic E-state index is 0.0162. The van der Waals surface area contributed by atoms with Crippen LogP contribution >= 0.6 is 11.6 Å². The predicted octanol–water partition coefficient (Wildman–Crippen LogP) is 5.26. The smallest absolute Gasteiger partial charge is 0.221 e. The van der Waals surface area contributed by atoms with Crippen LogP contribution in [0.15, 0.2) is 54.7 Å². The fraction of sp³-hybridized carbons (Fsp3) is 0.286. The molecule has 0 bridgehead atoms. The van der Waals surface area contributed by atoms with E-state index in [4.69, 9.17) is 11.6 Å². The number of aromatic nitrogens is 1. The summed E-state index contributed by atoms with van der Waals surface area (Å²) >= 11 is 6.04. The molecule has 0 aliphatic rings. The molecule has 3 nitrogen and oxygen atoms in total. The molecule has 0 saturated carbocycles. The van der Waals surface area contributed by atoms with Gasteiger partial charge < -0.3 is 10.3 Å². The molecule has 1 aromatic heterocycles. The van der Waals surface area contributed by atoms with E-state index in [1.54, 1.807) is 0 Å². The molecule has 2 atom stereocenters. The first-order valence-electron chi connectivity index (χ1n) is 8.69. The number of hydrogen-bond donors (Lipinski definition) is 2. The van der Waals surface area contributed by atoms with Crippen LogP contribution < -0.4 is 5.32 Å². The lowest BCUT2D eigenvalue weighted by molar-refractivity contribution is -0.121. The van der Waals surface area contributed by atoms with Crippen molar-refractivity contribution in [2.45, 2.75) is 38.6 Å². The monoisotopic (exact) mass is 354 g/mol. The molecule has 0 saturated heterocycles. The van der Waals surface area contributed by atoms with Gasteiger partial charge in [0.1, 0.15) is 0 Å². The van der Waals surface area contributed by atoms with Crippen molar-refractivity contribution in [2.24, 2.45) is 0 Å². The quantitative estimate of drug-likeness (QED) is 0.623. The number of hydrogen-bond acceptors (Lipinski definition) is 1. The molecule has 3 rings (SSSR count). The summed E-state index contributed by atoms with van der Waals surface area (Å²) in [5, 5.41) is 4.93. The Morgan fingerprint density at radius 2 is 1.88 bits per heavy atom. The van der Waals surface area contributed by atoms with Crippen LogP contribution in [0, 0.1) is 0 Å². The van der Waals surface area contributed by atoms with Crippen LogP contribution in [0.5, 0.6) is 0 Å². The lowest BCUT2D eigenvalue weighted by Gasteiger charge is -2.19. The third-order valence-electron chi connectivity index (χ3n) is 4.68. The molecule has 2 aromatic carbocycles. The second-order valence-electron chi connectivity index (χ2n) is 6.47. The van der Waals surface area contributed by atoms with Crippen molar-refractivity contribution < 1.29 is 4.79 Å². The minimum atomic E-state index is -0.0162. The maximum atomic E-state index is 12.5. The van der Waals surface area contributed by atoms with Gasteiger partial charge >= 0.3 is 0 Å². The molecule has 25 heavy (non-hydrogen) atoms. The summed E-state index contributed by atoms with van der Waals surface area (Å²) in [6.07, 6.45) is 3.35. The molecule has 3 aromatic rings. The Bertz CT molecular complexity index is 854. The number of nitrogens with one attached hydrogen (secondary N) is 2. The fourth-order valence-electron chi connectivity index (χ4n) is 3.11. The molecule has 0 radical (unpaired) electrons. The van der Waals surface area contributed by atoms with Gasteiger partial charge in [-0.1, -0.05) is 48.9 Å². The van der Waals surface area contributed by atoms with Gasteiger partial charge in [0.2, 0.25) is 5.91 Å². The van der Waals surface area contributed by atoms with Crippen LogP contribution in [0.1, 0.15) is 43.7 Å². The summed E-state index contributed by atoms with van der Waals surface area (Å²) in [7, 11) is 0. The maximum absolute atomic E-state index is 12.5. The highest BCUT2D eigenvalue weighted by molar-refractivity contribution is 6.30. The van der Waals surface area contributed by atoms with E-state index in [2.05, 4.69) is 29.4 Å². The van der Waals surface area contributed by atoms with Gasteiger partial charge in [-0.3, -0.25) is 4.79 Å². The van der Waals surface area contributed by atoms with Gasteiger partial charge in [-0.05, 0) is 42.7 Å². The first kappa shape index (κ1) is 17.6. The van der Waals surface area contributed by atoms with E-state index >= 15 is 0 Å². The molecule has 0 aliphatic carbocycles. The number of carbonyl (C=O) groups excluding carboxylic acids is 1. The molecule has 4 heteroatoms. The van der Waals surface area contributed by atoms with E-state index in [0.29, 0.717) is 11.4 Å². The van der Waals surface area contributed by atoms with Crippen LogP contribution in [0.25, 0.3) is 10.9 Å². The topological polar surface area (TPSA) is 44.9 Å². The Labute approximate surface area is 153 Å². The van der Waals surface area contributed by atoms with Crippen LogP contribution in [0.2, 0.25) is 5.02 Å². The zero-order valence-corrected chi connectivity index (χ0v) is 15.3. The van der Waals surface area contributed by atoms with Crippen molar-refractivity contribution in [3.05, 3.63) is 70.9 Å². The molecule has 1 heterocycles. The van der Waals surface area contributed by atoms with E-state index in [-0.39, 0.29) is 17.9 Å². The summed E-state index contributed by atoms with van der Waals surface area (Å²) in [4.78, 5) is 15.9. The molecular weight excluding hydrogens is 332 g/mol. The Balaban J connectivity index is 1.97. The first-order chi connectivity index (χ1) is 12.1. The summed E-state index contributed by atoms with van der Waals surface area (Å²) in [5.41, 5.74) is 3.31. The molecular formula is C21H23ClN2O. The largest absolute Gasteiger partial charge is 0.361 e. The number of halogens is 1. The predicted molar refractivity (Wildman–Crippen MR) is 104 cm³/mol. The number of para-hydroxylation sites is 1. The van der Waals surface area contributed by atoms with E-state index in [1.807, 2.05) is 49.5 Å². The summed E-state index contributed by atoms with van der Waals surface area (Å²) in [6.45, 7) is 4.10. The summed E-state index contributed by atoms with van der Waals surface area (Å²) < 4.78 is 0. The second-order valence-corrected chi connectivity index (χ2v) is 6.91. The SMILES string of the molecule is CC[C@H](C)NC(=O)C[C@@H](c1ccc(Cl)cc1)c1c[nH]c2ccccc12. The number of H-pyrrole nitrogens is 1. The Kier molecular flexibility index (Phi) is 5.44. The standard InChI is InChI=1S/C21H23ClN2O/c1-3-14(2)24-21(25)12-18(15-8-10-16(22)11-9-15)19-13-23-20-7-5-4-6-17(19)20/h4-11,13-14,18,23H,3,12H2,1-2H3,(H,24,25)/t14-,18-/m0/s1. The van der Waals surface area contributed by atoms with E-state index < -0.39 is 0 Å². The van der Waals surface area contributed by atoms with Crippen LogP contribution in [-0.4, -0.2) is 16.9 Å². The van der Waals surface area contributed by atoms with Crippen molar-refractivity contribution in [3.63, 3.8) is 0 Å². The zero-order chi connectivity index (χ0) is 17.8. The van der Waals surface area contributed by atoms with E-state index in [9.17, 15) is 4.79 Å². The third-order valence-corrected chi connectivity index (χ3v) is 4.93. The van der Waals surface area contributed by atoms with Crippen molar-refractivity contribution in [2.75, 3.05) is 0 Å². The molecule has 1 amide bonds. The van der Waals surface area contributed by atoms with Gasteiger partial charge in [-0.25, -0.2) is 0 Å². The zero-order valence-electron chi connectivity index (χ0n) is 14.6. The average molecular weight is 355 g/mol. The van der Waals surface area contributed by atoms with Crippen molar-refractivity contribution in [1.29, 1.82) is 0 Å². The number of fused-ring (bicyclic) bond motifs is 1.